The van der Waals surface area contributed by atoms with Crippen molar-refractivity contribution in [1.29, 1.82) is 0 Å². The van der Waals surface area contributed by atoms with E-state index in [2.05, 4.69) is 29.4 Å². The Hall–Kier alpha value is -0.930. The van der Waals surface area contributed by atoms with Gasteiger partial charge in [-0.3, -0.25) is 4.98 Å². The third-order valence-electron chi connectivity index (χ3n) is 2.67. The SMILES string of the molecule is Cc1ccc(CNCC2CCCO2)nc1. The topological polar surface area (TPSA) is 34.1 Å². The molecule has 2 heterocycles. The van der Waals surface area contributed by atoms with Crippen molar-refractivity contribution in [3.8, 4) is 0 Å². The van der Waals surface area contributed by atoms with Crippen LogP contribution in [0.25, 0.3) is 0 Å². The van der Waals surface area contributed by atoms with Gasteiger partial charge in [-0.2, -0.15) is 0 Å². The summed E-state index contributed by atoms with van der Waals surface area (Å²) in [6.45, 7) is 4.75. The lowest BCUT2D eigenvalue weighted by molar-refractivity contribution is 0.110. The van der Waals surface area contributed by atoms with E-state index in [9.17, 15) is 0 Å². The summed E-state index contributed by atoms with van der Waals surface area (Å²) in [6, 6.07) is 4.16. The van der Waals surface area contributed by atoms with Crippen molar-refractivity contribution < 1.29 is 4.74 Å². The van der Waals surface area contributed by atoms with Gasteiger partial charge in [0.05, 0.1) is 11.8 Å². The van der Waals surface area contributed by atoms with Gasteiger partial charge in [0.2, 0.25) is 0 Å². The van der Waals surface area contributed by atoms with Crippen LogP contribution in [0.5, 0.6) is 0 Å². The standard InChI is InChI=1S/C12H18N2O/c1-10-4-5-11(14-7-10)8-13-9-12-3-2-6-15-12/h4-5,7,12-13H,2-3,6,8-9H2,1H3. The van der Waals surface area contributed by atoms with Crippen LogP contribution in [0.15, 0.2) is 18.3 Å². The minimum absolute atomic E-state index is 0.412. The van der Waals surface area contributed by atoms with Crippen molar-refractivity contribution >= 4 is 0 Å². The molecule has 2 rings (SSSR count). The first-order valence-electron chi connectivity index (χ1n) is 5.58. The molecule has 1 fully saturated rings. The van der Waals surface area contributed by atoms with Crippen LogP contribution in [0.1, 0.15) is 24.1 Å². The van der Waals surface area contributed by atoms with Gasteiger partial charge in [0.1, 0.15) is 0 Å². The summed E-state index contributed by atoms with van der Waals surface area (Å²) in [7, 11) is 0. The van der Waals surface area contributed by atoms with Crippen LogP contribution in [-0.4, -0.2) is 24.2 Å². The maximum atomic E-state index is 5.53. The van der Waals surface area contributed by atoms with Gasteiger partial charge in [0.15, 0.2) is 0 Å². The second kappa shape index (κ2) is 5.24. The molecule has 82 valence electrons. The third-order valence-corrected chi connectivity index (χ3v) is 2.67. The van der Waals surface area contributed by atoms with E-state index in [0.29, 0.717) is 6.10 Å². The van der Waals surface area contributed by atoms with Crippen LogP contribution >= 0.6 is 0 Å². The first kappa shape index (κ1) is 10.6. The largest absolute Gasteiger partial charge is 0.377 e. The van der Waals surface area contributed by atoms with E-state index in [1.54, 1.807) is 0 Å². The van der Waals surface area contributed by atoms with Gasteiger partial charge in [-0.05, 0) is 31.4 Å². The molecule has 1 aliphatic heterocycles. The highest BCUT2D eigenvalue weighted by molar-refractivity contribution is 5.11. The Morgan fingerprint density at radius 1 is 1.53 bits per heavy atom. The molecule has 1 aromatic rings. The summed E-state index contributed by atoms with van der Waals surface area (Å²) >= 11 is 0. The van der Waals surface area contributed by atoms with Gasteiger partial charge in [-0.25, -0.2) is 0 Å². The van der Waals surface area contributed by atoms with E-state index >= 15 is 0 Å². The summed E-state index contributed by atoms with van der Waals surface area (Å²) in [6.07, 6.45) is 4.71. The van der Waals surface area contributed by atoms with Crippen molar-refractivity contribution in [3.05, 3.63) is 29.6 Å². The van der Waals surface area contributed by atoms with E-state index in [1.807, 2.05) is 6.20 Å². The Morgan fingerprint density at radius 3 is 3.13 bits per heavy atom. The maximum Gasteiger partial charge on any atom is 0.0700 e. The number of rotatable bonds is 4. The molecule has 1 aromatic heterocycles. The molecule has 15 heavy (non-hydrogen) atoms. The highest BCUT2D eigenvalue weighted by atomic mass is 16.5. The van der Waals surface area contributed by atoms with Gasteiger partial charge in [0.25, 0.3) is 0 Å². The quantitative estimate of drug-likeness (QED) is 0.813. The summed E-state index contributed by atoms with van der Waals surface area (Å²) in [5.74, 6) is 0. The van der Waals surface area contributed by atoms with Gasteiger partial charge in [0, 0.05) is 25.9 Å². The molecule has 0 spiro atoms. The molecule has 3 nitrogen and oxygen atoms in total. The van der Waals surface area contributed by atoms with Crippen molar-refractivity contribution in [2.45, 2.75) is 32.4 Å². The lowest BCUT2D eigenvalue weighted by atomic mass is 10.2. The van der Waals surface area contributed by atoms with Gasteiger partial charge in [-0.1, -0.05) is 6.07 Å². The Balaban J connectivity index is 1.71. The number of aryl methyl sites for hydroxylation is 1. The Morgan fingerprint density at radius 2 is 2.47 bits per heavy atom. The molecule has 0 aromatic carbocycles. The van der Waals surface area contributed by atoms with E-state index < -0.39 is 0 Å². The van der Waals surface area contributed by atoms with Crippen molar-refractivity contribution in [1.82, 2.24) is 10.3 Å². The third kappa shape index (κ3) is 3.29. The van der Waals surface area contributed by atoms with E-state index in [1.165, 1.54) is 18.4 Å². The lowest BCUT2D eigenvalue weighted by Gasteiger charge is -2.10. The molecule has 0 aliphatic carbocycles. The van der Waals surface area contributed by atoms with E-state index in [4.69, 9.17) is 4.74 Å². The molecular weight excluding hydrogens is 188 g/mol. The monoisotopic (exact) mass is 206 g/mol. The van der Waals surface area contributed by atoms with Gasteiger partial charge >= 0.3 is 0 Å². The summed E-state index contributed by atoms with van der Waals surface area (Å²) < 4.78 is 5.53. The molecule has 1 aliphatic rings. The molecule has 0 amide bonds. The molecule has 1 N–H and O–H groups in total. The molecule has 1 unspecified atom stereocenters. The fourth-order valence-electron chi connectivity index (χ4n) is 1.77. The number of pyridine rings is 1. The fraction of sp³-hybridized carbons (Fsp3) is 0.583. The second-order valence-electron chi connectivity index (χ2n) is 4.09. The van der Waals surface area contributed by atoms with Crippen LogP contribution in [0, 0.1) is 6.92 Å². The first-order valence-corrected chi connectivity index (χ1v) is 5.58. The number of hydrogen-bond acceptors (Lipinski definition) is 3. The number of nitrogens with zero attached hydrogens (tertiary/aromatic N) is 1. The van der Waals surface area contributed by atoms with E-state index in [0.717, 1.165) is 25.4 Å². The van der Waals surface area contributed by atoms with Crippen LogP contribution in [0.4, 0.5) is 0 Å². The highest BCUT2D eigenvalue weighted by Crippen LogP contribution is 2.10. The predicted octanol–water partition coefficient (Wildman–Crippen LogP) is 1.66. The normalized spacial score (nSPS) is 20.7. The Kier molecular flexibility index (Phi) is 3.69. The zero-order chi connectivity index (χ0) is 10.5. The highest BCUT2D eigenvalue weighted by Gasteiger charge is 2.14. The molecule has 1 saturated heterocycles. The van der Waals surface area contributed by atoms with Crippen LogP contribution < -0.4 is 5.32 Å². The second-order valence-corrected chi connectivity index (χ2v) is 4.09. The number of aromatic nitrogens is 1. The maximum absolute atomic E-state index is 5.53. The van der Waals surface area contributed by atoms with Crippen LogP contribution in [0.2, 0.25) is 0 Å². The molecule has 3 heteroatoms. The average molecular weight is 206 g/mol. The van der Waals surface area contributed by atoms with Gasteiger partial charge < -0.3 is 10.1 Å². The van der Waals surface area contributed by atoms with Crippen LogP contribution in [0.3, 0.4) is 0 Å². The molecule has 0 saturated carbocycles. The van der Waals surface area contributed by atoms with Gasteiger partial charge in [-0.15, -0.1) is 0 Å². The van der Waals surface area contributed by atoms with Crippen molar-refractivity contribution in [2.75, 3.05) is 13.2 Å². The summed E-state index contributed by atoms with van der Waals surface area (Å²) in [5.41, 5.74) is 2.30. The van der Waals surface area contributed by atoms with Crippen LogP contribution in [-0.2, 0) is 11.3 Å². The number of nitrogens with one attached hydrogen (secondary N) is 1. The predicted molar refractivity (Wildman–Crippen MR) is 59.7 cm³/mol. The van der Waals surface area contributed by atoms with Crippen molar-refractivity contribution in [2.24, 2.45) is 0 Å². The molecule has 1 atom stereocenters. The van der Waals surface area contributed by atoms with E-state index in [-0.39, 0.29) is 0 Å². The molecule has 0 radical (unpaired) electrons. The number of ether oxygens (including phenoxy) is 1. The number of hydrogen-bond donors (Lipinski definition) is 1. The Labute approximate surface area is 90.9 Å². The zero-order valence-electron chi connectivity index (χ0n) is 9.20. The Bertz CT molecular complexity index is 291. The minimum Gasteiger partial charge on any atom is -0.377 e. The van der Waals surface area contributed by atoms with Crippen molar-refractivity contribution in [3.63, 3.8) is 0 Å². The summed E-state index contributed by atoms with van der Waals surface area (Å²) in [4.78, 5) is 4.34. The fourth-order valence-corrected chi connectivity index (χ4v) is 1.77. The zero-order valence-corrected chi connectivity index (χ0v) is 9.20. The lowest BCUT2D eigenvalue weighted by Crippen LogP contribution is -2.26. The summed E-state index contributed by atoms with van der Waals surface area (Å²) in [5, 5.41) is 3.38. The first-order chi connectivity index (χ1) is 7.34. The smallest absolute Gasteiger partial charge is 0.0700 e. The molecular formula is C12H18N2O. The minimum atomic E-state index is 0.412. The average Bonchev–Trinajstić information content (AvgIpc) is 2.74. The molecule has 0 bridgehead atoms.